The van der Waals surface area contributed by atoms with Crippen LogP contribution in [0.1, 0.15) is 0 Å². The van der Waals surface area contributed by atoms with E-state index in [0.717, 1.165) is 33.1 Å². The van der Waals surface area contributed by atoms with Crippen LogP contribution in [0.2, 0.25) is 0 Å². The van der Waals surface area contributed by atoms with Crippen molar-refractivity contribution in [2.45, 2.75) is 0 Å². The van der Waals surface area contributed by atoms with Crippen LogP contribution in [0.5, 0.6) is 11.6 Å². The molecular formula is C27H20N6O2. The molecule has 0 saturated heterocycles. The normalized spacial score (nSPS) is 11.0. The highest BCUT2D eigenvalue weighted by Gasteiger charge is 2.15. The van der Waals surface area contributed by atoms with Crippen molar-refractivity contribution in [3.05, 3.63) is 91.3 Å². The van der Waals surface area contributed by atoms with E-state index in [1.807, 2.05) is 78.9 Å². The molecule has 0 saturated carbocycles. The summed E-state index contributed by atoms with van der Waals surface area (Å²) in [5.74, 6) is 1.65. The van der Waals surface area contributed by atoms with E-state index in [1.165, 1.54) is 0 Å². The van der Waals surface area contributed by atoms with E-state index < -0.39 is 0 Å². The molecule has 0 fully saturated rings. The molecule has 35 heavy (non-hydrogen) atoms. The van der Waals surface area contributed by atoms with Gasteiger partial charge in [-0.05, 0) is 42.5 Å². The molecular weight excluding hydrogens is 440 g/mol. The zero-order chi connectivity index (χ0) is 23.6. The van der Waals surface area contributed by atoms with Crippen LogP contribution in [0.3, 0.4) is 0 Å². The molecule has 0 amide bonds. The average molecular weight is 460 g/mol. The summed E-state index contributed by atoms with van der Waals surface area (Å²) in [6.07, 6.45) is 3.40. The highest BCUT2D eigenvalue weighted by molar-refractivity contribution is 5.99. The van der Waals surface area contributed by atoms with Crippen molar-refractivity contribution in [1.82, 2.24) is 19.9 Å². The van der Waals surface area contributed by atoms with Gasteiger partial charge in [0.25, 0.3) is 6.01 Å². The number of ether oxygens (including phenoxy) is 1. The Morgan fingerprint density at radius 2 is 1.63 bits per heavy atom. The van der Waals surface area contributed by atoms with Crippen molar-refractivity contribution in [2.75, 3.05) is 17.7 Å². The maximum atomic E-state index is 6.35. The van der Waals surface area contributed by atoms with Crippen molar-refractivity contribution >= 4 is 39.5 Å². The van der Waals surface area contributed by atoms with Gasteiger partial charge in [0.05, 0.1) is 16.9 Å². The summed E-state index contributed by atoms with van der Waals surface area (Å²) in [4.78, 5) is 17.7. The highest BCUT2D eigenvalue weighted by Crippen LogP contribution is 2.37. The largest absolute Gasteiger partial charge is 0.438 e. The molecule has 2 N–H and O–H groups in total. The number of nitrogens with one attached hydrogen (secondary N) is 2. The van der Waals surface area contributed by atoms with Gasteiger partial charge in [-0.3, -0.25) is 0 Å². The lowest BCUT2D eigenvalue weighted by Crippen LogP contribution is -1.99. The Morgan fingerprint density at radius 3 is 2.51 bits per heavy atom. The fourth-order valence-corrected chi connectivity index (χ4v) is 3.91. The average Bonchev–Trinajstić information content (AvgIpc) is 3.33. The second kappa shape index (κ2) is 8.75. The van der Waals surface area contributed by atoms with E-state index in [0.29, 0.717) is 29.3 Å². The Morgan fingerprint density at radius 1 is 0.771 bits per heavy atom. The van der Waals surface area contributed by atoms with Crippen LogP contribution < -0.4 is 15.4 Å². The van der Waals surface area contributed by atoms with Crippen LogP contribution in [0.4, 0.5) is 17.7 Å². The molecule has 170 valence electrons. The number of aromatic nitrogens is 4. The van der Waals surface area contributed by atoms with E-state index in [-0.39, 0.29) is 0 Å². The number of nitrogens with zero attached hydrogens (tertiary/aromatic N) is 4. The monoisotopic (exact) mass is 460 g/mol. The number of para-hydroxylation sites is 2. The van der Waals surface area contributed by atoms with Gasteiger partial charge in [-0.1, -0.05) is 36.4 Å². The maximum absolute atomic E-state index is 6.35. The zero-order valence-corrected chi connectivity index (χ0v) is 18.8. The lowest BCUT2D eigenvalue weighted by Gasteiger charge is -2.14. The fraction of sp³-hybridized carbons (Fsp3) is 0.0370. The van der Waals surface area contributed by atoms with E-state index in [4.69, 9.17) is 9.15 Å². The molecule has 3 heterocycles. The van der Waals surface area contributed by atoms with Crippen molar-refractivity contribution < 1.29 is 9.15 Å². The Labute approximate surface area is 200 Å². The number of hydrogen-bond acceptors (Lipinski definition) is 8. The molecule has 0 bridgehead atoms. The predicted octanol–water partition coefficient (Wildman–Crippen LogP) is 6.41. The van der Waals surface area contributed by atoms with Crippen LogP contribution in [-0.4, -0.2) is 27.0 Å². The highest BCUT2D eigenvalue weighted by atomic mass is 16.5. The molecule has 6 rings (SSSR count). The minimum Gasteiger partial charge on any atom is -0.438 e. The smallest absolute Gasteiger partial charge is 0.300 e. The molecule has 6 aromatic rings. The molecule has 0 aliphatic rings. The van der Waals surface area contributed by atoms with Gasteiger partial charge in [0, 0.05) is 30.2 Å². The Bertz CT molecular complexity index is 1630. The van der Waals surface area contributed by atoms with E-state index >= 15 is 0 Å². The number of rotatable bonds is 6. The lowest BCUT2D eigenvalue weighted by molar-refractivity contribution is 0.470. The van der Waals surface area contributed by atoms with Crippen LogP contribution in [-0.2, 0) is 0 Å². The summed E-state index contributed by atoms with van der Waals surface area (Å²) in [5, 5.41) is 8.15. The van der Waals surface area contributed by atoms with E-state index in [1.54, 1.807) is 19.4 Å². The Hall–Kier alpha value is -4.98. The summed E-state index contributed by atoms with van der Waals surface area (Å²) in [7, 11) is 1.78. The summed E-state index contributed by atoms with van der Waals surface area (Å²) >= 11 is 0. The summed E-state index contributed by atoms with van der Waals surface area (Å²) in [5.41, 5.74) is 3.87. The first-order valence-corrected chi connectivity index (χ1v) is 11.1. The minimum atomic E-state index is 0.432. The van der Waals surface area contributed by atoms with Crippen molar-refractivity contribution in [1.29, 1.82) is 0 Å². The third-order valence-corrected chi connectivity index (χ3v) is 5.55. The molecule has 0 spiro atoms. The number of benzene rings is 3. The molecule has 8 heteroatoms. The van der Waals surface area contributed by atoms with Gasteiger partial charge >= 0.3 is 0 Å². The first kappa shape index (κ1) is 20.6. The van der Waals surface area contributed by atoms with Gasteiger partial charge in [0.2, 0.25) is 11.8 Å². The van der Waals surface area contributed by atoms with E-state index in [9.17, 15) is 0 Å². The van der Waals surface area contributed by atoms with Crippen molar-refractivity contribution in [2.24, 2.45) is 0 Å². The minimum absolute atomic E-state index is 0.432. The Balaban J connectivity index is 1.37. The molecule has 3 aromatic carbocycles. The molecule has 0 aliphatic heterocycles. The van der Waals surface area contributed by atoms with Crippen molar-refractivity contribution in [3.8, 4) is 22.9 Å². The topological polar surface area (TPSA) is 98.0 Å². The molecule has 0 aliphatic carbocycles. The second-order valence-electron chi connectivity index (χ2n) is 7.74. The Kier molecular flexibility index (Phi) is 5.16. The fourth-order valence-electron chi connectivity index (χ4n) is 3.91. The van der Waals surface area contributed by atoms with Crippen molar-refractivity contribution in [3.63, 3.8) is 0 Å². The first-order chi connectivity index (χ1) is 17.3. The van der Waals surface area contributed by atoms with Crippen LogP contribution in [0.15, 0.2) is 95.7 Å². The summed E-state index contributed by atoms with van der Waals surface area (Å²) in [6.45, 7) is 0. The molecule has 0 atom stereocenters. The molecule has 3 aromatic heterocycles. The SMILES string of the molecule is CNc1nccc(-c2cccnc2Oc2ccc(Nc3nc4ccccc4o3)c3ccccc23)n1. The van der Waals surface area contributed by atoms with Gasteiger partial charge in [-0.2, -0.15) is 4.98 Å². The van der Waals surface area contributed by atoms with Gasteiger partial charge in [-0.25, -0.2) is 15.0 Å². The number of anilines is 3. The third kappa shape index (κ3) is 3.97. The van der Waals surface area contributed by atoms with Gasteiger partial charge in [0.1, 0.15) is 11.3 Å². The molecule has 0 unspecified atom stereocenters. The predicted molar refractivity (Wildman–Crippen MR) is 136 cm³/mol. The summed E-state index contributed by atoms with van der Waals surface area (Å²) < 4.78 is 12.2. The maximum Gasteiger partial charge on any atom is 0.300 e. The number of fused-ring (bicyclic) bond motifs is 2. The third-order valence-electron chi connectivity index (χ3n) is 5.55. The number of oxazole rings is 1. The first-order valence-electron chi connectivity index (χ1n) is 11.1. The number of hydrogen-bond donors (Lipinski definition) is 2. The zero-order valence-electron chi connectivity index (χ0n) is 18.8. The van der Waals surface area contributed by atoms with Gasteiger partial charge in [0.15, 0.2) is 5.58 Å². The summed E-state index contributed by atoms with van der Waals surface area (Å²) in [6, 6.07) is 25.5. The van der Waals surface area contributed by atoms with Crippen LogP contribution >= 0.6 is 0 Å². The second-order valence-corrected chi connectivity index (χ2v) is 7.74. The number of pyridine rings is 1. The van der Waals surface area contributed by atoms with Crippen LogP contribution in [0, 0.1) is 0 Å². The molecule has 8 nitrogen and oxygen atoms in total. The van der Waals surface area contributed by atoms with Crippen LogP contribution in [0.25, 0.3) is 33.1 Å². The van der Waals surface area contributed by atoms with Gasteiger partial charge < -0.3 is 19.8 Å². The standard InChI is InChI=1S/C27H20N6O2/c1-28-26-30-16-14-21(31-26)19-9-6-15-29-25(19)34-23-13-12-20(17-7-2-3-8-18(17)23)32-27-33-22-10-4-5-11-24(22)35-27/h2-16H,1H3,(H,32,33)(H,28,30,31). The quantitative estimate of drug-likeness (QED) is 0.294. The lowest BCUT2D eigenvalue weighted by atomic mass is 10.1. The molecule has 0 radical (unpaired) electrons. The van der Waals surface area contributed by atoms with E-state index in [2.05, 4.69) is 30.6 Å². The van der Waals surface area contributed by atoms with Gasteiger partial charge in [-0.15, -0.1) is 0 Å².